The molecule has 3 heteroatoms. The highest BCUT2D eigenvalue weighted by Crippen LogP contribution is 1.75. The van der Waals surface area contributed by atoms with E-state index in [0.717, 1.165) is 0 Å². The van der Waals surface area contributed by atoms with Gasteiger partial charge >= 0.3 is 0 Å². The van der Waals surface area contributed by atoms with E-state index in [2.05, 4.69) is 12.0 Å². The van der Waals surface area contributed by atoms with Crippen LogP contribution in [0.25, 0.3) is 0 Å². The molecule has 0 aromatic rings. The second-order valence-electron chi connectivity index (χ2n) is 1.54. The van der Waals surface area contributed by atoms with Crippen molar-refractivity contribution in [1.29, 1.82) is 0 Å². The lowest BCUT2D eigenvalue weighted by atomic mass is 10.7. The Morgan fingerprint density at radius 2 is 2.10 bits per heavy atom. The molecule has 10 heavy (non-hydrogen) atoms. The Balaban J connectivity index is 2.82. The molecule has 1 N–H and O–H groups in total. The predicted molar refractivity (Wildman–Crippen MR) is 37.3 cm³/mol. The zero-order chi connectivity index (χ0) is 7.66. The second-order valence-corrected chi connectivity index (χ2v) is 1.54. The van der Waals surface area contributed by atoms with E-state index in [0.29, 0.717) is 19.8 Å². The van der Waals surface area contributed by atoms with Crippen molar-refractivity contribution >= 4 is 0 Å². The molecule has 0 aliphatic heterocycles. The first kappa shape index (κ1) is 9.28. The van der Waals surface area contributed by atoms with Gasteiger partial charge in [0.05, 0.1) is 19.8 Å². The summed E-state index contributed by atoms with van der Waals surface area (Å²) in [5, 5.41) is 8.28. The predicted octanol–water partition coefficient (Wildman–Crippen LogP) is -0.00730. The molecule has 0 aliphatic rings. The molecule has 0 aromatic carbocycles. The first-order valence-electron chi connectivity index (χ1n) is 3.14. The van der Waals surface area contributed by atoms with Crippen LogP contribution in [-0.4, -0.2) is 31.5 Å². The van der Waals surface area contributed by atoms with E-state index in [1.165, 1.54) is 0 Å². The first-order valence-corrected chi connectivity index (χ1v) is 3.14. The maximum atomic E-state index is 8.28. The summed E-state index contributed by atoms with van der Waals surface area (Å²) in [4.78, 5) is 0. The molecule has 0 saturated heterocycles. The summed E-state index contributed by atoms with van der Waals surface area (Å²) in [5.74, 6) is 2.58. The van der Waals surface area contributed by atoms with Crippen LogP contribution in [0, 0.1) is 12.0 Å². The average molecular weight is 144 g/mol. The summed E-state index contributed by atoms with van der Waals surface area (Å²) in [6.45, 7) is 3.06. The third-order valence-corrected chi connectivity index (χ3v) is 0.740. The van der Waals surface area contributed by atoms with Crippen molar-refractivity contribution in [2.75, 3.05) is 26.4 Å². The highest BCUT2D eigenvalue weighted by molar-refractivity contribution is 4.84. The fourth-order valence-corrected chi connectivity index (χ4v) is 0.390. The van der Waals surface area contributed by atoms with Crippen molar-refractivity contribution < 1.29 is 14.6 Å². The number of hydrogen-bond acceptors (Lipinski definition) is 3. The molecule has 0 spiro atoms. The average Bonchev–Trinajstić information content (AvgIpc) is 1.97. The van der Waals surface area contributed by atoms with E-state index < -0.39 is 0 Å². The van der Waals surface area contributed by atoms with E-state index in [1.807, 2.05) is 0 Å². The van der Waals surface area contributed by atoms with Gasteiger partial charge in [0.15, 0.2) is 0 Å². The third-order valence-electron chi connectivity index (χ3n) is 0.740. The van der Waals surface area contributed by atoms with Crippen LogP contribution in [0.4, 0.5) is 0 Å². The van der Waals surface area contributed by atoms with Crippen LogP contribution in [0.5, 0.6) is 0 Å². The van der Waals surface area contributed by atoms with E-state index in [4.69, 9.17) is 14.6 Å². The second kappa shape index (κ2) is 8.28. The smallest absolute Gasteiger partial charge is 0.123 e. The van der Waals surface area contributed by atoms with Crippen molar-refractivity contribution in [2.24, 2.45) is 0 Å². The number of aliphatic hydroxyl groups excluding tert-OH is 1. The van der Waals surface area contributed by atoms with Crippen LogP contribution in [0.1, 0.15) is 6.92 Å². The molecule has 0 heterocycles. The molecule has 0 radical (unpaired) electrons. The molecule has 3 nitrogen and oxygen atoms in total. The highest BCUT2D eigenvalue weighted by Gasteiger charge is 1.84. The number of ether oxygens (including phenoxy) is 2. The van der Waals surface area contributed by atoms with Crippen molar-refractivity contribution in [3.8, 4) is 12.0 Å². The van der Waals surface area contributed by atoms with Crippen LogP contribution in [0.3, 0.4) is 0 Å². The van der Waals surface area contributed by atoms with Gasteiger partial charge < -0.3 is 14.6 Å². The molecule has 0 saturated carbocycles. The standard InChI is InChI=1S/C7H12O3/c1-2-4-9-6-7-10-5-3-8/h8H,3,5-7H2,1H3. The van der Waals surface area contributed by atoms with Gasteiger partial charge in [0.1, 0.15) is 12.7 Å². The fraction of sp³-hybridized carbons (Fsp3) is 0.714. The Labute approximate surface area is 60.9 Å². The minimum atomic E-state index is 0.0550. The van der Waals surface area contributed by atoms with Gasteiger partial charge in [0, 0.05) is 6.92 Å². The van der Waals surface area contributed by atoms with E-state index in [1.54, 1.807) is 6.92 Å². The fourth-order valence-electron chi connectivity index (χ4n) is 0.390. The molecular weight excluding hydrogens is 132 g/mol. The lowest BCUT2D eigenvalue weighted by Gasteiger charge is -1.98. The van der Waals surface area contributed by atoms with Crippen LogP contribution in [0.2, 0.25) is 0 Å². The van der Waals surface area contributed by atoms with E-state index >= 15 is 0 Å². The topological polar surface area (TPSA) is 38.7 Å². The Morgan fingerprint density at radius 1 is 1.30 bits per heavy atom. The normalized spacial score (nSPS) is 8.20. The maximum Gasteiger partial charge on any atom is 0.123 e. The van der Waals surface area contributed by atoms with E-state index in [-0.39, 0.29) is 6.61 Å². The number of aliphatic hydroxyl groups is 1. The van der Waals surface area contributed by atoms with Crippen molar-refractivity contribution in [2.45, 2.75) is 6.92 Å². The summed E-state index contributed by atoms with van der Waals surface area (Å²) in [5.41, 5.74) is 0. The van der Waals surface area contributed by atoms with Crippen LogP contribution < -0.4 is 0 Å². The number of hydrogen-bond donors (Lipinski definition) is 1. The summed E-state index contributed by atoms with van der Waals surface area (Å²) in [6, 6.07) is 0. The van der Waals surface area contributed by atoms with Gasteiger partial charge in [-0.15, -0.1) is 0 Å². The van der Waals surface area contributed by atoms with Gasteiger partial charge in [0.25, 0.3) is 0 Å². The molecule has 0 fully saturated rings. The summed E-state index contributed by atoms with van der Waals surface area (Å²) in [6.07, 6.45) is 2.43. The summed E-state index contributed by atoms with van der Waals surface area (Å²) in [7, 11) is 0. The van der Waals surface area contributed by atoms with E-state index in [9.17, 15) is 0 Å². The Bertz CT molecular complexity index is 112. The summed E-state index contributed by atoms with van der Waals surface area (Å²) < 4.78 is 9.65. The van der Waals surface area contributed by atoms with Gasteiger partial charge in [0.2, 0.25) is 0 Å². The van der Waals surface area contributed by atoms with Crippen LogP contribution in [-0.2, 0) is 9.47 Å². The third kappa shape index (κ3) is 7.28. The quantitative estimate of drug-likeness (QED) is 0.436. The molecule has 0 atom stereocenters. The van der Waals surface area contributed by atoms with Gasteiger partial charge in [-0.3, -0.25) is 0 Å². The van der Waals surface area contributed by atoms with Crippen LogP contribution >= 0.6 is 0 Å². The van der Waals surface area contributed by atoms with Crippen molar-refractivity contribution in [1.82, 2.24) is 0 Å². The van der Waals surface area contributed by atoms with Gasteiger partial charge in [-0.25, -0.2) is 0 Å². The first-order chi connectivity index (χ1) is 4.91. The zero-order valence-corrected chi connectivity index (χ0v) is 6.09. The number of rotatable bonds is 5. The largest absolute Gasteiger partial charge is 0.444 e. The lowest BCUT2D eigenvalue weighted by Crippen LogP contribution is -2.05. The molecule has 58 valence electrons. The SMILES string of the molecule is CC#COCCOCCO. The molecule has 0 aliphatic carbocycles. The molecule has 0 aromatic heterocycles. The maximum absolute atomic E-state index is 8.28. The zero-order valence-electron chi connectivity index (χ0n) is 6.09. The minimum Gasteiger partial charge on any atom is -0.444 e. The van der Waals surface area contributed by atoms with Gasteiger partial charge in [-0.05, 0) is 0 Å². The van der Waals surface area contributed by atoms with Crippen LogP contribution in [0.15, 0.2) is 0 Å². The molecule has 0 amide bonds. The lowest BCUT2D eigenvalue weighted by molar-refractivity contribution is 0.0642. The Kier molecular flexibility index (Phi) is 7.68. The Hall–Kier alpha value is -0.720. The molecule has 0 rings (SSSR count). The summed E-state index contributed by atoms with van der Waals surface area (Å²) >= 11 is 0. The molecule has 0 bridgehead atoms. The van der Waals surface area contributed by atoms with Crippen molar-refractivity contribution in [3.05, 3.63) is 0 Å². The molecule has 0 unspecified atom stereocenters. The highest BCUT2D eigenvalue weighted by atomic mass is 16.5. The van der Waals surface area contributed by atoms with Gasteiger partial charge in [-0.1, -0.05) is 5.92 Å². The Morgan fingerprint density at radius 3 is 2.70 bits per heavy atom. The minimum absolute atomic E-state index is 0.0550. The monoisotopic (exact) mass is 144 g/mol. The van der Waals surface area contributed by atoms with Crippen molar-refractivity contribution in [3.63, 3.8) is 0 Å². The molecular formula is C7H12O3. The van der Waals surface area contributed by atoms with Gasteiger partial charge in [-0.2, -0.15) is 0 Å².